The highest BCUT2D eigenvalue weighted by Gasteiger charge is 2.30. The van der Waals surface area contributed by atoms with Gasteiger partial charge in [0.1, 0.15) is 0 Å². The summed E-state index contributed by atoms with van der Waals surface area (Å²) in [6.45, 7) is 14.9. The monoisotopic (exact) mass is 760 g/mol. The van der Waals surface area contributed by atoms with Crippen molar-refractivity contribution < 1.29 is 0 Å². The zero-order chi connectivity index (χ0) is 40.9. The summed E-state index contributed by atoms with van der Waals surface area (Å²) in [6, 6.07) is 59.3. The van der Waals surface area contributed by atoms with Crippen molar-refractivity contribution in [1.29, 1.82) is 0 Å². The lowest BCUT2D eigenvalue weighted by Gasteiger charge is -2.36. The number of hydrogen-bond donors (Lipinski definition) is 0. The van der Waals surface area contributed by atoms with Crippen LogP contribution >= 0.6 is 0 Å². The van der Waals surface area contributed by atoms with E-state index in [9.17, 15) is 0 Å². The average Bonchev–Trinajstić information content (AvgIpc) is 3.31. The summed E-state index contributed by atoms with van der Waals surface area (Å²) < 4.78 is 0. The van der Waals surface area contributed by atoms with Crippen LogP contribution in [0.25, 0.3) is 32.7 Å². The van der Waals surface area contributed by atoms with Crippen LogP contribution in [-0.4, -0.2) is 0 Å². The maximum atomic E-state index is 2.45. The van der Waals surface area contributed by atoms with E-state index in [1.807, 2.05) is 27.7 Å². The minimum atomic E-state index is 0.142. The molecule has 0 spiro atoms. The molecule has 2 atom stereocenters. The largest absolute Gasteiger partial charge is 0.310 e. The van der Waals surface area contributed by atoms with Crippen LogP contribution in [0.4, 0.5) is 28.4 Å². The highest BCUT2D eigenvalue weighted by atomic mass is 15.2. The van der Waals surface area contributed by atoms with Gasteiger partial charge >= 0.3 is 0 Å². The van der Waals surface area contributed by atoms with E-state index >= 15 is 0 Å². The number of anilines is 5. The quantitative estimate of drug-likeness (QED) is 0.121. The van der Waals surface area contributed by atoms with Crippen molar-refractivity contribution >= 4 is 50.0 Å². The molecule has 0 saturated heterocycles. The Hall–Kier alpha value is -6.12. The SMILES string of the molecule is CC.CC.CCC=CC(C)(CC)C1C=CC(N(c2ccc(-c3ccc(N(c4ccccc4)c4ccc5ccccc5c4)cc3)cc2)c2cccc3ccccc23)=CC1. The summed E-state index contributed by atoms with van der Waals surface area (Å²) in [6.07, 6.45) is 15.2. The predicted octanol–water partition coefficient (Wildman–Crippen LogP) is 17.2. The van der Waals surface area contributed by atoms with Crippen LogP contribution in [0.3, 0.4) is 0 Å². The van der Waals surface area contributed by atoms with Gasteiger partial charge in [-0.1, -0.05) is 182 Å². The van der Waals surface area contributed by atoms with Gasteiger partial charge in [0, 0.05) is 33.8 Å². The highest BCUT2D eigenvalue weighted by molar-refractivity contribution is 5.97. The van der Waals surface area contributed by atoms with Gasteiger partial charge in [-0.3, -0.25) is 0 Å². The molecule has 1 aliphatic carbocycles. The first kappa shape index (κ1) is 41.5. The van der Waals surface area contributed by atoms with Crippen molar-refractivity contribution in [2.45, 2.75) is 67.7 Å². The maximum absolute atomic E-state index is 2.45. The molecule has 0 bridgehead atoms. The van der Waals surface area contributed by atoms with Crippen molar-refractivity contribution in [1.82, 2.24) is 0 Å². The molecule has 0 radical (unpaired) electrons. The van der Waals surface area contributed by atoms with E-state index in [0.29, 0.717) is 5.92 Å². The Morgan fingerprint density at radius 2 is 1.10 bits per heavy atom. The van der Waals surface area contributed by atoms with E-state index in [0.717, 1.165) is 42.0 Å². The van der Waals surface area contributed by atoms with E-state index in [1.165, 1.54) is 44.1 Å². The molecule has 2 heteroatoms. The number of nitrogens with zero attached hydrogens (tertiary/aromatic N) is 2. The third kappa shape index (κ3) is 9.03. The number of allylic oxidation sites excluding steroid dienone is 5. The highest BCUT2D eigenvalue weighted by Crippen LogP contribution is 2.43. The van der Waals surface area contributed by atoms with E-state index in [2.05, 4.69) is 225 Å². The molecule has 0 saturated carbocycles. The lowest BCUT2D eigenvalue weighted by Crippen LogP contribution is -2.26. The summed E-state index contributed by atoms with van der Waals surface area (Å²) >= 11 is 0. The zero-order valence-electron chi connectivity index (χ0n) is 35.6. The van der Waals surface area contributed by atoms with E-state index in [-0.39, 0.29) is 5.41 Å². The van der Waals surface area contributed by atoms with Gasteiger partial charge < -0.3 is 9.80 Å². The summed E-state index contributed by atoms with van der Waals surface area (Å²) in [5.41, 5.74) is 9.47. The Morgan fingerprint density at radius 3 is 1.72 bits per heavy atom. The van der Waals surface area contributed by atoms with Gasteiger partial charge in [-0.05, 0) is 119 Å². The summed E-state index contributed by atoms with van der Waals surface area (Å²) in [7, 11) is 0. The number of fused-ring (bicyclic) bond motifs is 2. The lowest BCUT2D eigenvalue weighted by molar-refractivity contribution is 0.295. The molecule has 58 heavy (non-hydrogen) atoms. The Morgan fingerprint density at radius 1 is 0.552 bits per heavy atom. The Labute approximate surface area is 348 Å². The minimum Gasteiger partial charge on any atom is -0.310 e. The minimum absolute atomic E-state index is 0.142. The summed E-state index contributed by atoms with van der Waals surface area (Å²) in [5, 5.41) is 4.96. The van der Waals surface area contributed by atoms with E-state index < -0.39 is 0 Å². The molecule has 1 aliphatic rings. The van der Waals surface area contributed by atoms with Crippen LogP contribution in [-0.2, 0) is 0 Å². The fraction of sp³-hybridized carbons (Fsp3) is 0.214. The first-order valence-corrected chi connectivity index (χ1v) is 21.4. The fourth-order valence-electron chi connectivity index (χ4n) is 7.93. The van der Waals surface area contributed by atoms with Gasteiger partial charge in [0.15, 0.2) is 0 Å². The molecular weight excluding hydrogens is 701 g/mol. The molecule has 2 unspecified atom stereocenters. The zero-order valence-corrected chi connectivity index (χ0v) is 35.6. The second-order valence-electron chi connectivity index (χ2n) is 14.6. The van der Waals surface area contributed by atoms with Gasteiger partial charge in [0.2, 0.25) is 0 Å². The Kier molecular flexibility index (Phi) is 14.2. The molecule has 0 amide bonds. The van der Waals surface area contributed by atoms with Gasteiger partial charge in [-0.25, -0.2) is 0 Å². The smallest absolute Gasteiger partial charge is 0.0539 e. The van der Waals surface area contributed by atoms with Gasteiger partial charge in [-0.15, -0.1) is 0 Å². The van der Waals surface area contributed by atoms with Gasteiger partial charge in [0.25, 0.3) is 0 Å². The molecule has 294 valence electrons. The first-order valence-electron chi connectivity index (χ1n) is 21.4. The van der Waals surface area contributed by atoms with Crippen molar-refractivity contribution in [2.75, 3.05) is 9.80 Å². The Bertz CT molecular complexity index is 2450. The third-order valence-corrected chi connectivity index (χ3v) is 11.3. The lowest BCUT2D eigenvalue weighted by atomic mass is 9.71. The topological polar surface area (TPSA) is 6.48 Å². The average molecular weight is 761 g/mol. The number of hydrogen-bond acceptors (Lipinski definition) is 2. The molecule has 7 aromatic carbocycles. The number of para-hydroxylation sites is 1. The molecule has 0 fully saturated rings. The van der Waals surface area contributed by atoms with Crippen LogP contribution in [0.1, 0.15) is 67.7 Å². The van der Waals surface area contributed by atoms with Crippen molar-refractivity contribution in [3.8, 4) is 11.1 Å². The van der Waals surface area contributed by atoms with Crippen molar-refractivity contribution in [2.24, 2.45) is 11.3 Å². The summed E-state index contributed by atoms with van der Waals surface area (Å²) in [4.78, 5) is 4.77. The predicted molar refractivity (Wildman–Crippen MR) is 256 cm³/mol. The molecule has 0 heterocycles. The van der Waals surface area contributed by atoms with Crippen LogP contribution in [0, 0.1) is 11.3 Å². The Balaban J connectivity index is 0.00000138. The molecule has 7 aromatic rings. The second kappa shape index (κ2) is 19.8. The van der Waals surface area contributed by atoms with E-state index in [4.69, 9.17) is 0 Å². The molecule has 2 nitrogen and oxygen atoms in total. The standard InChI is InChI=1S/C52H48N2.2C2H6/c1-4-6-37-52(3,5-2)44-28-35-48(36-29-44)54(51-22-14-18-42-16-12-13-21-50(42)51)47-32-25-41(26-33-47)40-23-30-46(31-24-40)53(45-19-8-7-9-20-45)49-34-27-39-15-10-11-17-43(39)38-49;2*1-2/h6-28,30-38,44H,4-5,29H2,1-3H3;2*1-2H3. The van der Waals surface area contributed by atoms with Crippen LogP contribution in [0.5, 0.6) is 0 Å². The summed E-state index contributed by atoms with van der Waals surface area (Å²) in [5.74, 6) is 0.466. The third-order valence-electron chi connectivity index (χ3n) is 11.3. The molecule has 0 aromatic heterocycles. The van der Waals surface area contributed by atoms with Crippen LogP contribution in [0.2, 0.25) is 0 Å². The van der Waals surface area contributed by atoms with Crippen molar-refractivity contribution in [3.63, 3.8) is 0 Å². The van der Waals surface area contributed by atoms with Gasteiger partial charge in [-0.2, -0.15) is 0 Å². The molecular formula is C56H60N2. The number of benzene rings is 7. The first-order chi connectivity index (χ1) is 28.5. The van der Waals surface area contributed by atoms with Crippen LogP contribution < -0.4 is 9.80 Å². The molecule has 8 rings (SSSR count). The van der Waals surface area contributed by atoms with Crippen LogP contribution in [0.15, 0.2) is 200 Å². The molecule has 0 aliphatic heterocycles. The number of rotatable bonds is 11. The fourth-order valence-corrected chi connectivity index (χ4v) is 7.93. The van der Waals surface area contributed by atoms with Gasteiger partial charge in [0.05, 0.1) is 5.69 Å². The molecule has 0 N–H and O–H groups in total. The maximum Gasteiger partial charge on any atom is 0.0539 e. The van der Waals surface area contributed by atoms with Crippen molar-refractivity contribution in [3.05, 3.63) is 200 Å². The van der Waals surface area contributed by atoms with E-state index in [1.54, 1.807) is 0 Å². The second-order valence-corrected chi connectivity index (χ2v) is 14.6. The normalized spacial score (nSPS) is 14.5.